The lowest BCUT2D eigenvalue weighted by Crippen LogP contribution is -2.36. The molecule has 1 aliphatic heterocycles. The molecular weight excluding hydrogens is 588 g/mol. The molecule has 2 N–H and O–H groups in total. The van der Waals surface area contributed by atoms with E-state index in [1.165, 1.54) is 39.9 Å². The van der Waals surface area contributed by atoms with Gasteiger partial charge in [-0.2, -0.15) is 4.31 Å². The van der Waals surface area contributed by atoms with Crippen molar-refractivity contribution in [1.29, 1.82) is 0 Å². The molecule has 0 bridgehead atoms. The minimum Gasteiger partial charge on any atom is -0.450 e. The number of nitrogens with zero attached hydrogens (tertiary/aromatic N) is 2. The van der Waals surface area contributed by atoms with Crippen molar-refractivity contribution in [3.05, 3.63) is 81.7 Å². The molecule has 4 rings (SSSR count). The lowest BCUT2D eigenvalue weighted by atomic mass is 10.0. The van der Waals surface area contributed by atoms with Gasteiger partial charge in [0.25, 0.3) is 11.8 Å². The number of benzene rings is 2. The quantitative estimate of drug-likeness (QED) is 0.298. The Morgan fingerprint density at radius 3 is 2.35 bits per heavy atom. The highest BCUT2D eigenvalue weighted by molar-refractivity contribution is 7.89. The molecule has 3 aromatic rings. The Hall–Kier alpha value is -3.58. The molecule has 0 saturated carbocycles. The molecule has 0 radical (unpaired) electrons. The molecule has 0 aliphatic carbocycles. The number of ether oxygens (including phenoxy) is 1. The number of hydrogen-bond donors (Lipinski definition) is 2. The van der Waals surface area contributed by atoms with Crippen molar-refractivity contribution in [2.45, 2.75) is 64.6 Å². The van der Waals surface area contributed by atoms with Crippen LogP contribution in [0.25, 0.3) is 0 Å². The third kappa shape index (κ3) is 7.69. The average molecular weight is 627 g/mol. The summed E-state index contributed by atoms with van der Waals surface area (Å²) in [6.07, 6.45) is 0.746. The highest BCUT2D eigenvalue weighted by atomic mass is 32.2. The van der Waals surface area contributed by atoms with Crippen LogP contribution in [0.15, 0.2) is 59.5 Å². The molecule has 2 heterocycles. The highest BCUT2D eigenvalue weighted by Crippen LogP contribution is 2.37. The van der Waals surface area contributed by atoms with Crippen molar-refractivity contribution in [2.24, 2.45) is 0 Å². The fraction of sp³-hybridized carbons (Fsp3) is 0.387. The standard InChI is InChI=1S/C31H38N4O6S2/c1-5-17-34-18-16-25-26(20-34)42-30(27(25)29(37)33-31(38)41-6-2)32-28(36)23-12-14-24(15-13-23)43(39,40)35(21(3)4)19-22-10-8-7-9-11-22/h7-15,21H,5-6,16-20H2,1-4H3,(H,32,36)(H,33,37,38). The van der Waals surface area contributed by atoms with Gasteiger partial charge in [-0.1, -0.05) is 37.3 Å². The minimum atomic E-state index is -3.84. The second-order valence-corrected chi connectivity index (χ2v) is 13.5. The summed E-state index contributed by atoms with van der Waals surface area (Å²) >= 11 is 1.31. The van der Waals surface area contributed by atoms with E-state index in [0.717, 1.165) is 35.5 Å². The van der Waals surface area contributed by atoms with Gasteiger partial charge in [0.15, 0.2) is 0 Å². The molecule has 0 atom stereocenters. The van der Waals surface area contributed by atoms with Crippen molar-refractivity contribution in [3.63, 3.8) is 0 Å². The number of carbonyl (C=O) groups is 3. The number of thiophene rings is 1. The second-order valence-electron chi connectivity index (χ2n) is 10.5. The second kappa shape index (κ2) is 14.3. The predicted molar refractivity (Wildman–Crippen MR) is 167 cm³/mol. The van der Waals surface area contributed by atoms with Gasteiger partial charge in [-0.15, -0.1) is 11.3 Å². The molecule has 1 aliphatic rings. The fourth-order valence-corrected chi connectivity index (χ4v) is 7.92. The Balaban J connectivity index is 1.57. The molecule has 0 unspecified atom stereocenters. The van der Waals surface area contributed by atoms with Gasteiger partial charge in [0.2, 0.25) is 10.0 Å². The van der Waals surface area contributed by atoms with Crippen LogP contribution in [-0.2, 0) is 34.3 Å². The van der Waals surface area contributed by atoms with Gasteiger partial charge < -0.3 is 10.1 Å². The summed E-state index contributed by atoms with van der Waals surface area (Å²) in [4.78, 5) is 41.8. The Labute approximate surface area is 257 Å². The number of rotatable bonds is 11. The lowest BCUT2D eigenvalue weighted by Gasteiger charge is -2.26. The van der Waals surface area contributed by atoms with E-state index in [1.807, 2.05) is 44.2 Å². The van der Waals surface area contributed by atoms with Crippen LogP contribution in [0.4, 0.5) is 9.80 Å². The first-order chi connectivity index (χ1) is 20.5. The van der Waals surface area contributed by atoms with Crippen molar-refractivity contribution >= 4 is 44.3 Å². The van der Waals surface area contributed by atoms with E-state index in [2.05, 4.69) is 22.5 Å². The number of sulfonamides is 1. The number of alkyl carbamates (subject to hydrolysis) is 1. The van der Waals surface area contributed by atoms with Crippen molar-refractivity contribution in [2.75, 3.05) is 25.0 Å². The summed E-state index contributed by atoms with van der Waals surface area (Å²) in [6.45, 7) is 10.0. The zero-order valence-electron chi connectivity index (χ0n) is 24.9. The molecule has 0 spiro atoms. The number of fused-ring (bicyclic) bond motifs is 1. The predicted octanol–water partition coefficient (Wildman–Crippen LogP) is 5.25. The molecular formula is C31H38N4O6S2. The van der Waals surface area contributed by atoms with Crippen LogP contribution in [0.3, 0.4) is 0 Å². The number of amides is 3. The van der Waals surface area contributed by atoms with Crippen molar-refractivity contribution in [1.82, 2.24) is 14.5 Å². The van der Waals surface area contributed by atoms with Crippen LogP contribution in [0.2, 0.25) is 0 Å². The zero-order chi connectivity index (χ0) is 31.1. The third-order valence-electron chi connectivity index (χ3n) is 7.10. The molecule has 1 aromatic heterocycles. The van der Waals surface area contributed by atoms with Crippen molar-refractivity contribution < 1.29 is 27.5 Å². The molecule has 2 aromatic carbocycles. The Morgan fingerprint density at radius 1 is 1.02 bits per heavy atom. The first-order valence-corrected chi connectivity index (χ1v) is 16.6. The Bertz CT molecular complexity index is 1550. The molecule has 10 nitrogen and oxygen atoms in total. The SMILES string of the molecule is CCCN1CCc2c(sc(NC(=O)c3ccc(S(=O)(=O)N(Cc4ccccc4)C(C)C)cc3)c2C(=O)NC(=O)OCC)C1. The highest BCUT2D eigenvalue weighted by Gasteiger charge is 2.31. The van der Waals surface area contributed by atoms with E-state index in [-0.39, 0.29) is 35.2 Å². The smallest absolute Gasteiger partial charge is 0.414 e. The maximum absolute atomic E-state index is 13.5. The number of imide groups is 1. The van der Waals surface area contributed by atoms with Crippen LogP contribution in [0.1, 0.15) is 70.8 Å². The van der Waals surface area contributed by atoms with E-state index < -0.39 is 27.9 Å². The van der Waals surface area contributed by atoms with E-state index >= 15 is 0 Å². The number of anilines is 1. The van der Waals surface area contributed by atoms with E-state index in [0.29, 0.717) is 18.0 Å². The molecule has 230 valence electrons. The summed E-state index contributed by atoms with van der Waals surface area (Å²) in [5.74, 6) is -1.13. The topological polar surface area (TPSA) is 125 Å². The molecule has 43 heavy (non-hydrogen) atoms. The first kappa shape index (κ1) is 32.3. The monoisotopic (exact) mass is 626 g/mol. The summed E-state index contributed by atoms with van der Waals surface area (Å²) in [5, 5.41) is 5.43. The van der Waals surface area contributed by atoms with Gasteiger partial charge in [-0.05, 0) is 75.5 Å². The largest absolute Gasteiger partial charge is 0.450 e. The molecule has 3 amide bonds. The van der Waals surface area contributed by atoms with Gasteiger partial charge in [0.05, 0.1) is 17.1 Å². The number of carbonyl (C=O) groups excluding carboxylic acids is 3. The summed E-state index contributed by atoms with van der Waals surface area (Å²) in [6, 6.07) is 14.8. The average Bonchev–Trinajstić information content (AvgIpc) is 3.33. The molecule has 0 saturated heterocycles. The summed E-state index contributed by atoms with van der Waals surface area (Å²) in [7, 11) is -3.84. The maximum Gasteiger partial charge on any atom is 0.414 e. The Kier molecular flexibility index (Phi) is 10.7. The molecule has 12 heteroatoms. The van der Waals surface area contributed by atoms with Gasteiger partial charge in [0.1, 0.15) is 5.00 Å². The van der Waals surface area contributed by atoms with E-state index in [1.54, 1.807) is 6.92 Å². The van der Waals surface area contributed by atoms with E-state index in [9.17, 15) is 22.8 Å². The van der Waals surface area contributed by atoms with Crippen LogP contribution >= 0.6 is 11.3 Å². The first-order valence-electron chi connectivity index (χ1n) is 14.4. The minimum absolute atomic E-state index is 0.0748. The lowest BCUT2D eigenvalue weighted by molar-refractivity contribution is 0.0924. The fourth-order valence-electron chi connectivity index (χ4n) is 5.01. The van der Waals surface area contributed by atoms with Crippen LogP contribution in [0, 0.1) is 0 Å². The number of nitrogens with one attached hydrogen (secondary N) is 2. The Morgan fingerprint density at radius 2 is 1.72 bits per heavy atom. The van der Waals surface area contributed by atoms with Crippen molar-refractivity contribution in [3.8, 4) is 0 Å². The van der Waals surface area contributed by atoms with E-state index in [4.69, 9.17) is 4.74 Å². The molecule has 0 fully saturated rings. The van der Waals surface area contributed by atoms with Crippen LogP contribution in [-0.4, -0.2) is 61.3 Å². The third-order valence-corrected chi connectivity index (χ3v) is 10.3. The van der Waals surface area contributed by atoms with Gasteiger partial charge in [0, 0.05) is 36.1 Å². The van der Waals surface area contributed by atoms with Gasteiger partial charge >= 0.3 is 6.09 Å². The normalized spacial score (nSPS) is 13.5. The number of hydrogen-bond acceptors (Lipinski definition) is 8. The summed E-state index contributed by atoms with van der Waals surface area (Å²) in [5.41, 5.74) is 2.16. The summed E-state index contributed by atoms with van der Waals surface area (Å²) < 4.78 is 33.4. The van der Waals surface area contributed by atoms with Gasteiger partial charge in [-0.25, -0.2) is 13.2 Å². The zero-order valence-corrected chi connectivity index (χ0v) is 26.5. The van der Waals surface area contributed by atoms with Crippen LogP contribution < -0.4 is 10.6 Å². The maximum atomic E-state index is 13.5. The van der Waals surface area contributed by atoms with Gasteiger partial charge in [-0.3, -0.25) is 19.8 Å². The van der Waals surface area contributed by atoms with Crippen LogP contribution in [0.5, 0.6) is 0 Å².